The maximum Gasteiger partial charge on any atom is 0.344 e. The van der Waals surface area contributed by atoms with E-state index in [1.807, 2.05) is 43.3 Å². The summed E-state index contributed by atoms with van der Waals surface area (Å²) in [7, 11) is 0. The van der Waals surface area contributed by atoms with Gasteiger partial charge in [-0.15, -0.1) is 0 Å². The molecule has 3 aromatic heterocycles. The normalized spacial score (nSPS) is 11.1. The first kappa shape index (κ1) is 18.6. The van der Waals surface area contributed by atoms with Gasteiger partial charge in [-0.3, -0.25) is 9.20 Å². The van der Waals surface area contributed by atoms with E-state index in [1.165, 1.54) is 10.5 Å². The molecule has 1 aromatic carbocycles. The topological polar surface area (TPSA) is 90.6 Å². The van der Waals surface area contributed by atoms with Crippen molar-refractivity contribution in [3.8, 4) is 0 Å². The van der Waals surface area contributed by atoms with E-state index in [4.69, 9.17) is 15.5 Å². The SMILES string of the molecule is CCOC(=O)c1cc2c(=O)n3cccc(C)c3nc2[n+](Cc2ccccc2)c1N. The molecule has 0 amide bonds. The number of anilines is 1. The molecule has 0 bridgehead atoms. The van der Waals surface area contributed by atoms with Gasteiger partial charge in [-0.05, 0) is 31.5 Å². The fourth-order valence-electron chi connectivity index (χ4n) is 3.41. The van der Waals surface area contributed by atoms with Gasteiger partial charge in [-0.2, -0.15) is 0 Å². The van der Waals surface area contributed by atoms with Crippen molar-refractivity contribution in [1.82, 2.24) is 9.38 Å². The second-order valence-electron chi connectivity index (χ2n) is 6.77. The summed E-state index contributed by atoms with van der Waals surface area (Å²) in [5.41, 5.74) is 9.08. The molecule has 0 saturated heterocycles. The van der Waals surface area contributed by atoms with E-state index in [9.17, 15) is 9.59 Å². The molecule has 0 saturated carbocycles. The lowest BCUT2D eigenvalue weighted by atomic mass is 10.1. The fourth-order valence-corrected chi connectivity index (χ4v) is 3.41. The van der Waals surface area contributed by atoms with Crippen molar-refractivity contribution in [3.63, 3.8) is 0 Å². The predicted molar refractivity (Wildman–Crippen MR) is 110 cm³/mol. The van der Waals surface area contributed by atoms with Gasteiger partial charge in [0.15, 0.2) is 0 Å². The summed E-state index contributed by atoms with van der Waals surface area (Å²) in [6.45, 7) is 4.19. The average molecular weight is 389 g/mol. The van der Waals surface area contributed by atoms with E-state index in [1.54, 1.807) is 23.8 Å². The summed E-state index contributed by atoms with van der Waals surface area (Å²) >= 11 is 0. The summed E-state index contributed by atoms with van der Waals surface area (Å²) in [5.74, 6) is -0.355. The first-order chi connectivity index (χ1) is 14.0. The zero-order valence-electron chi connectivity index (χ0n) is 16.3. The van der Waals surface area contributed by atoms with Crippen molar-refractivity contribution in [2.24, 2.45) is 0 Å². The predicted octanol–water partition coefficient (Wildman–Crippen LogP) is 2.25. The molecule has 3 heterocycles. The molecule has 0 aliphatic carbocycles. The van der Waals surface area contributed by atoms with Crippen LogP contribution in [0.4, 0.5) is 5.82 Å². The van der Waals surface area contributed by atoms with Gasteiger partial charge >= 0.3 is 5.97 Å². The van der Waals surface area contributed by atoms with Gasteiger partial charge in [-0.25, -0.2) is 9.36 Å². The van der Waals surface area contributed by atoms with E-state index in [0.29, 0.717) is 23.2 Å². The molecule has 4 rings (SSSR count). The van der Waals surface area contributed by atoms with Crippen LogP contribution in [0, 0.1) is 6.92 Å². The molecule has 4 aromatic rings. The lowest BCUT2D eigenvalue weighted by Gasteiger charge is -2.12. The number of nitrogen functional groups attached to an aromatic ring is 1. The Balaban J connectivity index is 2.09. The molecule has 29 heavy (non-hydrogen) atoms. The minimum Gasteiger partial charge on any atom is -0.462 e. The minimum absolute atomic E-state index is 0.154. The van der Waals surface area contributed by atoms with Crippen molar-refractivity contribution < 1.29 is 14.1 Å². The van der Waals surface area contributed by atoms with Crippen molar-refractivity contribution in [2.45, 2.75) is 20.4 Å². The number of fused-ring (bicyclic) bond motifs is 2. The molecular formula is C22H21N4O3+. The largest absolute Gasteiger partial charge is 0.462 e. The Labute approximate surface area is 167 Å². The molecule has 2 N–H and O–H groups in total. The highest BCUT2D eigenvalue weighted by Gasteiger charge is 2.25. The van der Waals surface area contributed by atoms with Crippen LogP contribution < -0.4 is 15.9 Å². The number of benzene rings is 1. The summed E-state index contributed by atoms with van der Waals surface area (Å²) < 4.78 is 8.33. The zero-order chi connectivity index (χ0) is 20.5. The number of hydrogen-bond donors (Lipinski definition) is 1. The van der Waals surface area contributed by atoms with Crippen LogP contribution in [-0.4, -0.2) is 22.0 Å². The van der Waals surface area contributed by atoms with Gasteiger partial charge in [0.2, 0.25) is 11.5 Å². The number of carbonyl (C=O) groups is 1. The molecule has 0 radical (unpaired) electrons. The van der Waals surface area contributed by atoms with Crippen LogP contribution in [-0.2, 0) is 11.3 Å². The second kappa shape index (κ2) is 7.35. The molecule has 0 unspecified atom stereocenters. The number of aryl methyl sites for hydroxylation is 1. The third-order valence-electron chi connectivity index (χ3n) is 4.85. The van der Waals surface area contributed by atoms with Crippen LogP contribution in [0.2, 0.25) is 0 Å². The lowest BCUT2D eigenvalue weighted by molar-refractivity contribution is -0.649. The maximum atomic E-state index is 13.2. The Bertz CT molecular complexity index is 1300. The number of esters is 1. The van der Waals surface area contributed by atoms with Crippen LogP contribution in [0.5, 0.6) is 0 Å². The van der Waals surface area contributed by atoms with E-state index in [-0.39, 0.29) is 23.5 Å². The van der Waals surface area contributed by atoms with Crippen molar-refractivity contribution >= 4 is 28.5 Å². The van der Waals surface area contributed by atoms with E-state index in [2.05, 4.69) is 0 Å². The highest BCUT2D eigenvalue weighted by atomic mass is 16.5. The third kappa shape index (κ3) is 3.20. The van der Waals surface area contributed by atoms with Crippen LogP contribution in [0.3, 0.4) is 0 Å². The van der Waals surface area contributed by atoms with E-state index < -0.39 is 5.97 Å². The fraction of sp³-hybridized carbons (Fsp3) is 0.182. The molecule has 7 heteroatoms. The monoisotopic (exact) mass is 389 g/mol. The van der Waals surface area contributed by atoms with Crippen LogP contribution in [0.15, 0.2) is 59.5 Å². The molecule has 0 fully saturated rings. The average Bonchev–Trinajstić information content (AvgIpc) is 2.72. The molecule has 0 atom stereocenters. The minimum atomic E-state index is -0.567. The summed E-state index contributed by atoms with van der Waals surface area (Å²) in [6.07, 6.45) is 1.67. The number of rotatable bonds is 4. The Hall–Kier alpha value is -3.74. The van der Waals surface area contributed by atoms with Gasteiger partial charge in [-0.1, -0.05) is 41.4 Å². The maximum absolute atomic E-state index is 13.2. The Morgan fingerprint density at radius 3 is 2.69 bits per heavy atom. The molecule has 7 nitrogen and oxygen atoms in total. The van der Waals surface area contributed by atoms with E-state index in [0.717, 1.165) is 11.1 Å². The number of nitrogens with two attached hydrogens (primary N) is 1. The van der Waals surface area contributed by atoms with Gasteiger partial charge in [0.05, 0.1) is 13.2 Å². The third-order valence-corrected chi connectivity index (χ3v) is 4.85. The van der Waals surface area contributed by atoms with Crippen molar-refractivity contribution in [2.75, 3.05) is 12.3 Å². The summed E-state index contributed by atoms with van der Waals surface area (Å²) in [4.78, 5) is 30.4. The molecule has 0 spiro atoms. The molecular weight excluding hydrogens is 368 g/mol. The standard InChI is InChI=1S/C22H20N4O3/c1-3-29-22(28)16-12-17-20(24-19-14(2)8-7-11-25(19)21(17)27)26(18(16)23)13-15-9-5-4-6-10-15/h4-12,23H,3,13H2,1-2H3/p+1. The first-order valence-corrected chi connectivity index (χ1v) is 9.36. The Kier molecular flexibility index (Phi) is 4.72. The zero-order valence-corrected chi connectivity index (χ0v) is 16.3. The Morgan fingerprint density at radius 1 is 1.21 bits per heavy atom. The van der Waals surface area contributed by atoms with Crippen molar-refractivity contribution in [1.29, 1.82) is 0 Å². The number of aromatic nitrogens is 3. The highest BCUT2D eigenvalue weighted by Crippen LogP contribution is 2.17. The second-order valence-corrected chi connectivity index (χ2v) is 6.77. The number of pyridine rings is 2. The van der Waals surface area contributed by atoms with Gasteiger partial charge in [0.25, 0.3) is 11.2 Å². The first-order valence-electron chi connectivity index (χ1n) is 9.36. The van der Waals surface area contributed by atoms with Gasteiger partial charge < -0.3 is 10.5 Å². The number of ether oxygens (including phenoxy) is 1. The van der Waals surface area contributed by atoms with Crippen LogP contribution >= 0.6 is 0 Å². The smallest absolute Gasteiger partial charge is 0.344 e. The molecule has 146 valence electrons. The van der Waals surface area contributed by atoms with Crippen LogP contribution in [0.1, 0.15) is 28.4 Å². The lowest BCUT2D eigenvalue weighted by Crippen LogP contribution is -2.42. The number of hydrogen-bond acceptors (Lipinski definition) is 5. The number of carbonyl (C=O) groups excluding carboxylic acids is 1. The quantitative estimate of drug-likeness (QED) is 0.328. The number of nitrogens with zero attached hydrogens (tertiary/aromatic N) is 3. The molecule has 0 aliphatic heterocycles. The van der Waals surface area contributed by atoms with E-state index >= 15 is 0 Å². The highest BCUT2D eigenvalue weighted by molar-refractivity contribution is 5.96. The Morgan fingerprint density at radius 2 is 1.97 bits per heavy atom. The summed E-state index contributed by atoms with van der Waals surface area (Å²) in [5, 5.41) is 0.307. The summed E-state index contributed by atoms with van der Waals surface area (Å²) in [6, 6.07) is 14.8. The van der Waals surface area contributed by atoms with Crippen LogP contribution in [0.25, 0.3) is 16.7 Å². The van der Waals surface area contributed by atoms with Gasteiger partial charge in [0.1, 0.15) is 10.9 Å². The van der Waals surface area contributed by atoms with Crippen molar-refractivity contribution in [3.05, 3.63) is 81.8 Å². The molecule has 0 aliphatic rings. The van der Waals surface area contributed by atoms with Gasteiger partial charge in [0, 0.05) is 11.8 Å².